The molecule has 31 heavy (non-hydrogen) atoms. The van der Waals surface area contributed by atoms with E-state index < -0.39 is 0 Å². The van der Waals surface area contributed by atoms with Crippen LogP contribution < -0.4 is 0 Å². The van der Waals surface area contributed by atoms with Gasteiger partial charge in [-0.15, -0.1) is 0 Å². The summed E-state index contributed by atoms with van der Waals surface area (Å²) < 4.78 is 0.957. The lowest BCUT2D eigenvalue weighted by atomic mass is 9.86. The van der Waals surface area contributed by atoms with Crippen LogP contribution in [0.25, 0.3) is 22.2 Å². The number of amides is 1. The van der Waals surface area contributed by atoms with Crippen molar-refractivity contribution in [2.75, 3.05) is 13.1 Å². The molecule has 4 heteroatoms. The Labute approximate surface area is 194 Å². The maximum Gasteiger partial charge on any atom is 0.254 e. The van der Waals surface area contributed by atoms with Gasteiger partial charge in [0.1, 0.15) is 0 Å². The molecule has 3 nitrogen and oxygen atoms in total. The van der Waals surface area contributed by atoms with Crippen molar-refractivity contribution in [2.45, 2.75) is 46.5 Å². The van der Waals surface area contributed by atoms with Gasteiger partial charge in [-0.05, 0) is 53.5 Å². The lowest BCUT2D eigenvalue weighted by molar-refractivity contribution is 0.0625. The number of rotatable bonds is 2. The van der Waals surface area contributed by atoms with E-state index in [-0.39, 0.29) is 11.3 Å². The number of piperidine rings is 1. The van der Waals surface area contributed by atoms with Crippen LogP contribution in [0.15, 0.2) is 53.0 Å². The molecule has 0 spiro atoms. The Kier molecular flexibility index (Phi) is 5.95. The third-order valence-corrected chi connectivity index (χ3v) is 6.70. The van der Waals surface area contributed by atoms with Gasteiger partial charge >= 0.3 is 0 Å². The van der Waals surface area contributed by atoms with Gasteiger partial charge in [0.25, 0.3) is 5.91 Å². The molecule has 2 unspecified atom stereocenters. The molecule has 4 rings (SSSR count). The van der Waals surface area contributed by atoms with Gasteiger partial charge in [0.2, 0.25) is 0 Å². The molecule has 2 heterocycles. The molecular weight excluding hydrogens is 448 g/mol. The Hall–Kier alpha value is -2.20. The number of likely N-dealkylation sites (tertiary alicyclic amines) is 1. The maximum absolute atomic E-state index is 13.7. The highest BCUT2D eigenvalue weighted by atomic mass is 79.9. The van der Waals surface area contributed by atoms with Crippen molar-refractivity contribution in [1.29, 1.82) is 0 Å². The Balaban J connectivity index is 1.80. The zero-order chi connectivity index (χ0) is 22.3. The first-order chi connectivity index (χ1) is 14.6. The lowest BCUT2D eigenvalue weighted by Crippen LogP contribution is -2.42. The van der Waals surface area contributed by atoms with Gasteiger partial charge in [0, 0.05) is 28.5 Å². The molecule has 3 aromatic rings. The third-order valence-electron chi connectivity index (χ3n) is 6.20. The number of benzene rings is 2. The number of halogens is 1. The molecule has 2 aromatic carbocycles. The molecule has 0 aliphatic carbocycles. The fourth-order valence-corrected chi connectivity index (χ4v) is 5.02. The highest BCUT2D eigenvalue weighted by Crippen LogP contribution is 2.31. The van der Waals surface area contributed by atoms with E-state index in [1.807, 2.05) is 29.2 Å². The van der Waals surface area contributed by atoms with Gasteiger partial charge in [-0.2, -0.15) is 0 Å². The van der Waals surface area contributed by atoms with E-state index in [9.17, 15) is 4.79 Å². The first-order valence-electron chi connectivity index (χ1n) is 11.1. The molecule has 0 radical (unpaired) electrons. The highest BCUT2D eigenvalue weighted by Gasteiger charge is 2.27. The van der Waals surface area contributed by atoms with E-state index in [0.29, 0.717) is 11.8 Å². The van der Waals surface area contributed by atoms with Crippen LogP contribution in [0.4, 0.5) is 0 Å². The van der Waals surface area contributed by atoms with Crippen LogP contribution in [0.5, 0.6) is 0 Å². The summed E-state index contributed by atoms with van der Waals surface area (Å²) in [6.07, 6.45) is 1.18. The van der Waals surface area contributed by atoms with Gasteiger partial charge in [-0.3, -0.25) is 4.79 Å². The van der Waals surface area contributed by atoms with E-state index in [1.165, 1.54) is 12.0 Å². The Morgan fingerprint density at radius 3 is 2.26 bits per heavy atom. The molecular formula is C27H31BrN2O. The molecule has 1 aromatic heterocycles. The van der Waals surface area contributed by atoms with Crippen LogP contribution in [-0.4, -0.2) is 28.9 Å². The normalized spacial score (nSPS) is 19.6. The zero-order valence-electron chi connectivity index (χ0n) is 19.1. The predicted octanol–water partition coefficient (Wildman–Crippen LogP) is 7.08. The van der Waals surface area contributed by atoms with Crippen LogP contribution in [0, 0.1) is 11.8 Å². The van der Waals surface area contributed by atoms with E-state index >= 15 is 0 Å². The van der Waals surface area contributed by atoms with Gasteiger partial charge in [0.15, 0.2) is 0 Å². The molecule has 162 valence electrons. The number of fused-ring (bicyclic) bond motifs is 1. The minimum Gasteiger partial charge on any atom is -0.338 e. The van der Waals surface area contributed by atoms with Crippen molar-refractivity contribution in [3.8, 4) is 11.3 Å². The standard InChI is InChI=1S/C27H31BrN2O/c1-17-12-18(2)16-30(15-17)26(31)23-14-25(29-24-11-10-21(28)13-22(23)24)19-6-8-20(9-7-19)27(3,4)5/h6-11,13-14,17-18H,12,15-16H2,1-5H3. The summed E-state index contributed by atoms with van der Waals surface area (Å²) >= 11 is 3.57. The highest BCUT2D eigenvalue weighted by molar-refractivity contribution is 9.10. The SMILES string of the molecule is CC1CC(C)CN(C(=O)c2cc(-c3ccc(C(C)(C)C)cc3)nc3ccc(Br)cc23)C1. The van der Waals surface area contributed by atoms with Crippen molar-refractivity contribution in [3.05, 3.63) is 64.1 Å². The Morgan fingerprint density at radius 2 is 1.65 bits per heavy atom. The predicted molar refractivity (Wildman–Crippen MR) is 132 cm³/mol. The molecule has 0 N–H and O–H groups in total. The number of carbonyl (C=O) groups is 1. The molecule has 0 bridgehead atoms. The second kappa shape index (κ2) is 8.38. The number of aromatic nitrogens is 1. The fourth-order valence-electron chi connectivity index (χ4n) is 4.66. The van der Waals surface area contributed by atoms with Crippen molar-refractivity contribution < 1.29 is 4.79 Å². The van der Waals surface area contributed by atoms with Crippen LogP contribution >= 0.6 is 15.9 Å². The Bertz CT molecular complexity index is 1100. The number of hydrogen-bond acceptors (Lipinski definition) is 2. The van der Waals surface area contributed by atoms with Crippen molar-refractivity contribution in [2.24, 2.45) is 11.8 Å². The molecule has 0 saturated carbocycles. The molecule has 1 aliphatic heterocycles. The summed E-state index contributed by atoms with van der Waals surface area (Å²) in [6, 6.07) is 16.5. The van der Waals surface area contributed by atoms with Crippen LogP contribution in [0.2, 0.25) is 0 Å². The summed E-state index contributed by atoms with van der Waals surface area (Å²) in [5.41, 5.74) is 4.85. The van der Waals surface area contributed by atoms with E-state index in [2.05, 4.69) is 74.8 Å². The summed E-state index contributed by atoms with van der Waals surface area (Å²) in [5, 5.41) is 0.903. The summed E-state index contributed by atoms with van der Waals surface area (Å²) in [4.78, 5) is 20.6. The average Bonchev–Trinajstić information content (AvgIpc) is 2.71. The molecule has 1 saturated heterocycles. The summed E-state index contributed by atoms with van der Waals surface area (Å²) in [6.45, 7) is 12.7. The van der Waals surface area contributed by atoms with Crippen molar-refractivity contribution in [3.63, 3.8) is 0 Å². The quantitative estimate of drug-likeness (QED) is 0.394. The summed E-state index contributed by atoms with van der Waals surface area (Å²) in [5.74, 6) is 1.16. The summed E-state index contributed by atoms with van der Waals surface area (Å²) in [7, 11) is 0. The number of nitrogens with zero attached hydrogens (tertiary/aromatic N) is 2. The van der Waals surface area contributed by atoms with E-state index in [0.717, 1.165) is 45.3 Å². The first-order valence-corrected chi connectivity index (χ1v) is 11.9. The maximum atomic E-state index is 13.7. The van der Waals surface area contributed by atoms with Crippen LogP contribution in [0.3, 0.4) is 0 Å². The van der Waals surface area contributed by atoms with Gasteiger partial charge in [0.05, 0.1) is 16.8 Å². The van der Waals surface area contributed by atoms with Crippen LogP contribution in [0.1, 0.15) is 57.0 Å². The van der Waals surface area contributed by atoms with Crippen LogP contribution in [-0.2, 0) is 5.41 Å². The minimum absolute atomic E-state index is 0.102. The first kappa shape index (κ1) is 22.0. The number of hydrogen-bond donors (Lipinski definition) is 0. The average molecular weight is 479 g/mol. The van der Waals surface area contributed by atoms with Gasteiger partial charge in [-0.25, -0.2) is 4.98 Å². The number of carbonyl (C=O) groups excluding carboxylic acids is 1. The fraction of sp³-hybridized carbons (Fsp3) is 0.407. The largest absolute Gasteiger partial charge is 0.338 e. The molecule has 1 aliphatic rings. The van der Waals surface area contributed by atoms with Crippen molar-refractivity contribution >= 4 is 32.7 Å². The third kappa shape index (κ3) is 4.69. The molecule has 1 fully saturated rings. The number of pyridine rings is 1. The van der Waals surface area contributed by atoms with E-state index in [4.69, 9.17) is 4.98 Å². The zero-order valence-corrected chi connectivity index (χ0v) is 20.7. The lowest BCUT2D eigenvalue weighted by Gasteiger charge is -2.35. The molecule has 1 amide bonds. The smallest absolute Gasteiger partial charge is 0.254 e. The second-order valence-electron chi connectivity index (χ2n) is 10.2. The van der Waals surface area contributed by atoms with Gasteiger partial charge in [-0.1, -0.05) is 74.8 Å². The topological polar surface area (TPSA) is 33.2 Å². The van der Waals surface area contributed by atoms with Crippen molar-refractivity contribution in [1.82, 2.24) is 9.88 Å². The molecule has 2 atom stereocenters. The van der Waals surface area contributed by atoms with Gasteiger partial charge < -0.3 is 4.90 Å². The minimum atomic E-state index is 0.102. The monoisotopic (exact) mass is 478 g/mol. The second-order valence-corrected chi connectivity index (χ2v) is 11.1. The van der Waals surface area contributed by atoms with E-state index in [1.54, 1.807) is 0 Å². The Morgan fingerprint density at radius 1 is 1.00 bits per heavy atom.